The number of fused-ring (bicyclic) bond motifs is 2. The van der Waals surface area contributed by atoms with E-state index in [-0.39, 0.29) is 9.79 Å². The van der Waals surface area contributed by atoms with Crippen molar-refractivity contribution in [2.75, 3.05) is 47.4 Å². The first kappa shape index (κ1) is 33.5. The Morgan fingerprint density at radius 1 is 0.490 bits per heavy atom. The highest BCUT2D eigenvalue weighted by atomic mass is 32.2. The minimum atomic E-state index is -3.94. The van der Waals surface area contributed by atoms with Gasteiger partial charge in [0, 0.05) is 73.2 Å². The van der Waals surface area contributed by atoms with E-state index in [2.05, 4.69) is 9.44 Å². The maximum atomic E-state index is 13.5. The molecule has 6 aromatic rings. The predicted octanol–water partition coefficient (Wildman–Crippen LogP) is 6.72. The van der Waals surface area contributed by atoms with Gasteiger partial charge in [0.15, 0.2) is 0 Å². The van der Waals surface area contributed by atoms with Gasteiger partial charge in [0.05, 0.1) is 21.2 Å². The molecule has 0 bridgehead atoms. The van der Waals surface area contributed by atoms with E-state index < -0.39 is 20.0 Å². The maximum Gasteiger partial charge on any atom is 0.658 e. The molecule has 6 rings (SSSR count). The highest BCUT2D eigenvalue weighted by molar-refractivity contribution is 7.93. The van der Waals surface area contributed by atoms with Crippen LogP contribution in [0.4, 0.5) is 22.7 Å². The second-order valence-corrected chi connectivity index (χ2v) is 14.9. The van der Waals surface area contributed by atoms with Gasteiger partial charge in [-0.25, -0.2) is 16.8 Å². The third-order valence-corrected chi connectivity index (χ3v) is 10.7. The first-order valence-corrected chi connectivity index (χ1v) is 18.2. The smallest absolute Gasteiger partial charge is 0.526 e. The highest BCUT2D eigenvalue weighted by Gasteiger charge is 2.21. The van der Waals surface area contributed by atoms with Gasteiger partial charge in [-0.05, 0) is 48.5 Å². The lowest BCUT2D eigenvalue weighted by molar-refractivity contribution is 0.459. The monoisotopic (exact) mass is 693 g/mol. The van der Waals surface area contributed by atoms with Crippen molar-refractivity contribution in [2.45, 2.75) is 9.79 Å². The van der Waals surface area contributed by atoms with E-state index >= 15 is 0 Å². The maximum absolute atomic E-state index is 13.5. The molecular weight excluding hydrogens is 659 g/mol. The molecule has 0 saturated carbocycles. The molecule has 249 valence electrons. The third-order valence-electron chi connectivity index (χ3n) is 7.80. The lowest BCUT2D eigenvalue weighted by Crippen LogP contribution is -2.15. The summed E-state index contributed by atoms with van der Waals surface area (Å²) in [5, 5.41) is 2.86. The van der Waals surface area contributed by atoms with Crippen molar-refractivity contribution in [3.63, 3.8) is 0 Å². The topological polar surface area (TPSA) is 117 Å². The van der Waals surface area contributed by atoms with Crippen LogP contribution in [0, 0.1) is 0 Å². The Labute approximate surface area is 287 Å². The predicted molar refractivity (Wildman–Crippen MR) is 198 cm³/mol. The van der Waals surface area contributed by atoms with Crippen LogP contribution in [-0.4, -0.2) is 52.7 Å². The number of benzene rings is 6. The Bertz CT molecular complexity index is 2220. The second-order valence-electron chi connectivity index (χ2n) is 11.6. The average Bonchev–Trinajstić information content (AvgIpc) is 3.07. The summed E-state index contributed by atoms with van der Waals surface area (Å²) in [4.78, 5) is 4.19. The number of nitrogens with one attached hydrogen (secondary N) is 2. The Balaban J connectivity index is 1.13. The fourth-order valence-corrected chi connectivity index (χ4v) is 8.14. The molecule has 0 aliphatic carbocycles. The summed E-state index contributed by atoms with van der Waals surface area (Å²) >= 11 is 0. The van der Waals surface area contributed by atoms with Crippen LogP contribution >= 0.6 is 0 Å². The zero-order valence-electron chi connectivity index (χ0n) is 27.3. The molecule has 0 amide bonds. The van der Waals surface area contributed by atoms with E-state index in [4.69, 9.17) is 9.31 Å². The van der Waals surface area contributed by atoms with E-state index in [0.29, 0.717) is 33.6 Å². The molecule has 2 N–H and O–H groups in total. The van der Waals surface area contributed by atoms with Crippen molar-refractivity contribution in [3.8, 4) is 11.5 Å². The molecule has 0 unspecified atom stereocenters. The van der Waals surface area contributed by atoms with E-state index in [0.717, 1.165) is 29.8 Å². The minimum absolute atomic E-state index is 0.157. The molecular formula is C36H34BN4O6S2. The molecule has 0 heterocycles. The van der Waals surface area contributed by atoms with Gasteiger partial charge < -0.3 is 19.1 Å². The van der Waals surface area contributed by atoms with E-state index in [1.54, 1.807) is 72.8 Å². The molecule has 10 nitrogen and oxygen atoms in total. The summed E-state index contributed by atoms with van der Waals surface area (Å²) in [7, 11) is 0.833. The van der Waals surface area contributed by atoms with Gasteiger partial charge in [-0.15, -0.1) is 0 Å². The number of hydrogen-bond donors (Lipinski definition) is 2. The van der Waals surface area contributed by atoms with Crippen molar-refractivity contribution in [2.24, 2.45) is 0 Å². The number of sulfonamides is 2. The first-order chi connectivity index (χ1) is 23.4. The summed E-state index contributed by atoms with van der Waals surface area (Å²) in [5.74, 6) is 0.635. The molecule has 49 heavy (non-hydrogen) atoms. The first-order valence-electron chi connectivity index (χ1n) is 15.2. The highest BCUT2D eigenvalue weighted by Crippen LogP contribution is 2.33. The van der Waals surface area contributed by atoms with Crippen LogP contribution in [0.2, 0.25) is 0 Å². The zero-order valence-corrected chi connectivity index (χ0v) is 28.9. The Hall–Kier alpha value is -5.40. The third kappa shape index (κ3) is 7.22. The Morgan fingerprint density at radius 3 is 1.27 bits per heavy atom. The second kappa shape index (κ2) is 13.6. The summed E-state index contributed by atoms with van der Waals surface area (Å²) in [6.07, 6.45) is 0. The Morgan fingerprint density at radius 2 is 0.857 bits per heavy atom. The van der Waals surface area contributed by atoms with Gasteiger partial charge in [-0.3, -0.25) is 9.44 Å². The van der Waals surface area contributed by atoms with Crippen LogP contribution in [0.15, 0.2) is 131 Å². The molecule has 0 aromatic heterocycles. The summed E-state index contributed by atoms with van der Waals surface area (Å²) in [6.45, 7) is 0. The molecule has 0 aliphatic heterocycles. The van der Waals surface area contributed by atoms with Crippen molar-refractivity contribution >= 4 is 72.0 Å². The van der Waals surface area contributed by atoms with Crippen LogP contribution in [0.25, 0.3) is 21.5 Å². The molecule has 13 heteroatoms. The lowest BCUT2D eigenvalue weighted by Gasteiger charge is -2.17. The average molecular weight is 694 g/mol. The summed E-state index contributed by atoms with van der Waals surface area (Å²) < 4.78 is 70.5. The summed E-state index contributed by atoms with van der Waals surface area (Å²) in [5.41, 5.74) is 2.42. The quantitative estimate of drug-likeness (QED) is 0.136. The summed E-state index contributed by atoms with van der Waals surface area (Å²) in [6, 6.07) is 34.4. The minimum Gasteiger partial charge on any atom is -0.526 e. The molecule has 6 aromatic carbocycles. The van der Waals surface area contributed by atoms with Gasteiger partial charge in [0.1, 0.15) is 11.5 Å². The largest absolute Gasteiger partial charge is 0.658 e. The number of nitrogens with zero attached hydrogens (tertiary/aromatic N) is 2. The van der Waals surface area contributed by atoms with Crippen LogP contribution in [0.1, 0.15) is 0 Å². The van der Waals surface area contributed by atoms with Crippen LogP contribution in [0.3, 0.4) is 0 Å². The van der Waals surface area contributed by atoms with Gasteiger partial charge in [0.25, 0.3) is 20.0 Å². The van der Waals surface area contributed by atoms with Crippen LogP contribution < -0.4 is 28.6 Å². The van der Waals surface area contributed by atoms with Gasteiger partial charge in [-0.1, -0.05) is 60.7 Å². The van der Waals surface area contributed by atoms with Gasteiger partial charge in [0.2, 0.25) is 0 Å². The Kier molecular flexibility index (Phi) is 9.31. The van der Waals surface area contributed by atoms with Crippen molar-refractivity contribution in [3.05, 3.63) is 121 Å². The van der Waals surface area contributed by atoms with Crippen molar-refractivity contribution in [1.29, 1.82) is 0 Å². The fourth-order valence-electron chi connectivity index (χ4n) is 5.60. The molecule has 0 aliphatic rings. The van der Waals surface area contributed by atoms with E-state index in [1.807, 2.05) is 74.4 Å². The lowest BCUT2D eigenvalue weighted by atomic mass is 10.1. The number of hydrogen-bond acceptors (Lipinski definition) is 8. The van der Waals surface area contributed by atoms with Gasteiger partial charge in [-0.2, -0.15) is 0 Å². The number of anilines is 4. The normalized spacial score (nSPS) is 11.6. The van der Waals surface area contributed by atoms with E-state index in [1.165, 1.54) is 12.1 Å². The van der Waals surface area contributed by atoms with Crippen molar-refractivity contribution < 1.29 is 26.1 Å². The van der Waals surface area contributed by atoms with Gasteiger partial charge >= 0.3 is 7.69 Å². The van der Waals surface area contributed by atoms with E-state index in [9.17, 15) is 16.8 Å². The van der Waals surface area contributed by atoms with Crippen LogP contribution in [0.5, 0.6) is 11.5 Å². The SMILES string of the molecule is CN(C)c1cccc2c(S(=O)(=O)Nc3cccc(O[B]Oc4cccc(NS(=O)(=O)c5cccc6c(N(C)C)cccc56)c4)c3)cccc12. The number of rotatable bonds is 12. The molecule has 0 atom stereocenters. The zero-order chi connectivity index (χ0) is 34.8. The molecule has 0 fully saturated rings. The van der Waals surface area contributed by atoms with Crippen molar-refractivity contribution in [1.82, 2.24) is 0 Å². The molecule has 0 spiro atoms. The molecule has 1 radical (unpaired) electrons. The van der Waals surface area contributed by atoms with Crippen LogP contribution in [-0.2, 0) is 20.0 Å². The standard InChI is InChI=1S/C36H34BN4O6S2/c1-40(2)33-19-7-17-31-29(33)15-9-21-35(31)48(42,43)38-25-11-5-13-27(23-25)46-37-47-28-14-6-12-26(24-28)39-49(44,45)36-22-10-16-30-32(36)18-8-20-34(30)41(3)4/h5-24,38-39H,1-4H3. The fraction of sp³-hybridized carbons (Fsp3) is 0.111. The molecule has 0 saturated heterocycles.